The molecule has 0 atom stereocenters. The van der Waals surface area contributed by atoms with Crippen LogP contribution in [0.2, 0.25) is 0 Å². The van der Waals surface area contributed by atoms with Crippen molar-refractivity contribution in [2.45, 2.75) is 6.54 Å². The molecule has 78 valence electrons. The van der Waals surface area contributed by atoms with E-state index in [1.807, 2.05) is 12.1 Å². The minimum Gasteiger partial charge on any atom is -0.492 e. The lowest BCUT2D eigenvalue weighted by Gasteiger charge is -2.08. The monoisotopic (exact) mass is 217 g/mol. The van der Waals surface area contributed by atoms with Crippen LogP contribution < -0.4 is 19.9 Å². The number of ether oxygens (including phenoxy) is 3. The van der Waals surface area contributed by atoms with Crippen molar-refractivity contribution >= 4 is 12.4 Å². The Bertz CT molecular complexity index is 330. The van der Waals surface area contributed by atoms with Gasteiger partial charge in [-0.1, -0.05) is 6.07 Å². The summed E-state index contributed by atoms with van der Waals surface area (Å²) in [7, 11) is 1.59. The third-order valence-electron chi connectivity index (χ3n) is 2.00. The van der Waals surface area contributed by atoms with Crippen LogP contribution in [-0.4, -0.2) is 13.9 Å². The molecule has 1 aliphatic rings. The quantitative estimate of drug-likeness (QED) is 0.812. The van der Waals surface area contributed by atoms with Crippen molar-refractivity contribution in [1.29, 1.82) is 0 Å². The first-order valence-corrected chi connectivity index (χ1v) is 4.02. The van der Waals surface area contributed by atoms with E-state index >= 15 is 0 Å². The van der Waals surface area contributed by atoms with Gasteiger partial charge in [-0.05, 0) is 6.07 Å². The lowest BCUT2D eigenvalue weighted by molar-refractivity contribution is 0.171. The summed E-state index contributed by atoms with van der Waals surface area (Å²) in [5, 5.41) is 0. The Kier molecular flexibility index (Phi) is 3.43. The molecule has 4 nitrogen and oxygen atoms in total. The van der Waals surface area contributed by atoms with Gasteiger partial charge in [0.2, 0.25) is 12.5 Å². The van der Waals surface area contributed by atoms with Gasteiger partial charge in [0, 0.05) is 12.1 Å². The first kappa shape index (κ1) is 10.9. The predicted octanol–water partition coefficient (Wildman–Crippen LogP) is 1.30. The molecule has 1 heterocycles. The normalized spacial score (nSPS) is 12.1. The van der Waals surface area contributed by atoms with Crippen LogP contribution in [0.4, 0.5) is 0 Å². The molecule has 0 aromatic heterocycles. The van der Waals surface area contributed by atoms with Gasteiger partial charge in [-0.25, -0.2) is 0 Å². The molecule has 0 fully saturated rings. The van der Waals surface area contributed by atoms with Gasteiger partial charge in [-0.15, -0.1) is 12.4 Å². The number of fused-ring (bicyclic) bond motifs is 1. The Balaban J connectivity index is 0.000000980. The molecule has 0 radical (unpaired) electrons. The molecule has 1 aromatic rings. The van der Waals surface area contributed by atoms with Gasteiger partial charge < -0.3 is 19.9 Å². The van der Waals surface area contributed by atoms with Crippen molar-refractivity contribution in [1.82, 2.24) is 0 Å². The molecule has 1 aliphatic heterocycles. The summed E-state index contributed by atoms with van der Waals surface area (Å²) in [6.07, 6.45) is 0. The first-order chi connectivity index (χ1) is 6.36. The smallest absolute Gasteiger partial charge is 0.231 e. The summed E-state index contributed by atoms with van der Waals surface area (Å²) in [5.41, 5.74) is 6.47. The van der Waals surface area contributed by atoms with Crippen molar-refractivity contribution in [2.75, 3.05) is 13.9 Å². The summed E-state index contributed by atoms with van der Waals surface area (Å²) in [6.45, 7) is 0.680. The van der Waals surface area contributed by atoms with E-state index in [1.54, 1.807) is 7.11 Å². The van der Waals surface area contributed by atoms with Crippen molar-refractivity contribution in [3.63, 3.8) is 0 Å². The molecule has 1 aromatic carbocycles. The zero-order chi connectivity index (χ0) is 9.26. The zero-order valence-electron chi connectivity index (χ0n) is 7.78. The van der Waals surface area contributed by atoms with Crippen molar-refractivity contribution in [3.05, 3.63) is 17.7 Å². The van der Waals surface area contributed by atoms with Crippen molar-refractivity contribution < 1.29 is 14.2 Å². The fourth-order valence-corrected chi connectivity index (χ4v) is 1.37. The van der Waals surface area contributed by atoms with Crippen LogP contribution in [0.25, 0.3) is 0 Å². The molecular formula is C9H12ClNO3. The highest BCUT2D eigenvalue weighted by atomic mass is 35.5. The second-order valence-electron chi connectivity index (χ2n) is 2.70. The third-order valence-corrected chi connectivity index (χ3v) is 2.00. The van der Waals surface area contributed by atoms with Gasteiger partial charge in [-0.2, -0.15) is 0 Å². The summed E-state index contributed by atoms with van der Waals surface area (Å²) < 4.78 is 15.7. The van der Waals surface area contributed by atoms with Crippen LogP contribution in [0.1, 0.15) is 5.56 Å². The fraction of sp³-hybridized carbons (Fsp3) is 0.333. The van der Waals surface area contributed by atoms with E-state index in [0.717, 1.165) is 5.56 Å². The molecule has 0 saturated carbocycles. The highest BCUT2D eigenvalue weighted by Gasteiger charge is 2.20. The van der Waals surface area contributed by atoms with E-state index in [-0.39, 0.29) is 19.2 Å². The van der Waals surface area contributed by atoms with E-state index in [2.05, 4.69) is 0 Å². The Labute approximate surface area is 88.4 Å². The second-order valence-corrected chi connectivity index (χ2v) is 2.70. The van der Waals surface area contributed by atoms with Crippen LogP contribution in [0.5, 0.6) is 17.2 Å². The summed E-state index contributed by atoms with van der Waals surface area (Å²) >= 11 is 0. The van der Waals surface area contributed by atoms with Gasteiger partial charge >= 0.3 is 0 Å². The Morgan fingerprint density at radius 2 is 2.21 bits per heavy atom. The minimum atomic E-state index is 0. The number of rotatable bonds is 2. The maximum absolute atomic E-state index is 5.54. The van der Waals surface area contributed by atoms with E-state index in [0.29, 0.717) is 23.8 Å². The van der Waals surface area contributed by atoms with Crippen LogP contribution in [0, 0.1) is 0 Å². The molecule has 0 unspecified atom stereocenters. The highest BCUT2D eigenvalue weighted by molar-refractivity contribution is 5.85. The number of hydrogen-bond donors (Lipinski definition) is 1. The van der Waals surface area contributed by atoms with Gasteiger partial charge in [0.05, 0.1) is 7.11 Å². The Hall–Kier alpha value is -1.13. The highest BCUT2D eigenvalue weighted by Crippen LogP contribution is 2.42. The van der Waals surface area contributed by atoms with Crippen molar-refractivity contribution in [3.8, 4) is 17.2 Å². The molecule has 0 bridgehead atoms. The SMILES string of the molecule is COc1c(CN)ccc2c1OCO2.Cl. The molecule has 0 saturated heterocycles. The van der Waals surface area contributed by atoms with Gasteiger partial charge in [-0.3, -0.25) is 0 Å². The lowest BCUT2D eigenvalue weighted by Crippen LogP contribution is -2.00. The van der Waals surface area contributed by atoms with Crippen molar-refractivity contribution in [2.24, 2.45) is 5.73 Å². The molecule has 2 rings (SSSR count). The topological polar surface area (TPSA) is 53.7 Å². The van der Waals surface area contributed by atoms with Crippen LogP contribution in [-0.2, 0) is 6.54 Å². The lowest BCUT2D eigenvalue weighted by atomic mass is 10.2. The number of nitrogens with two attached hydrogens (primary N) is 1. The fourth-order valence-electron chi connectivity index (χ4n) is 1.37. The molecule has 14 heavy (non-hydrogen) atoms. The Morgan fingerprint density at radius 3 is 2.86 bits per heavy atom. The van der Waals surface area contributed by atoms with E-state index in [4.69, 9.17) is 19.9 Å². The second kappa shape index (κ2) is 4.39. The van der Waals surface area contributed by atoms with E-state index in [1.165, 1.54) is 0 Å². The van der Waals surface area contributed by atoms with Gasteiger partial charge in [0.1, 0.15) is 0 Å². The molecular weight excluding hydrogens is 206 g/mol. The summed E-state index contributed by atoms with van der Waals surface area (Å²) in [4.78, 5) is 0. The van der Waals surface area contributed by atoms with E-state index in [9.17, 15) is 0 Å². The standard InChI is InChI=1S/C9H11NO3.ClH/c1-11-8-6(4-10)2-3-7-9(8)13-5-12-7;/h2-3H,4-5,10H2,1H3;1H. The molecule has 0 aliphatic carbocycles. The number of benzene rings is 1. The van der Waals surface area contributed by atoms with E-state index < -0.39 is 0 Å². The van der Waals surface area contributed by atoms with Crippen LogP contribution in [0.3, 0.4) is 0 Å². The van der Waals surface area contributed by atoms with Gasteiger partial charge in [0.25, 0.3) is 0 Å². The zero-order valence-corrected chi connectivity index (χ0v) is 8.60. The summed E-state index contributed by atoms with van der Waals surface area (Å²) in [5.74, 6) is 2.05. The molecule has 0 spiro atoms. The molecule has 2 N–H and O–H groups in total. The van der Waals surface area contributed by atoms with Crippen LogP contribution in [0.15, 0.2) is 12.1 Å². The largest absolute Gasteiger partial charge is 0.492 e. The average molecular weight is 218 g/mol. The number of methoxy groups -OCH3 is 1. The average Bonchev–Trinajstić information content (AvgIpc) is 2.63. The third kappa shape index (κ3) is 1.58. The minimum absolute atomic E-state index is 0. The maximum Gasteiger partial charge on any atom is 0.231 e. The van der Waals surface area contributed by atoms with Gasteiger partial charge in [0.15, 0.2) is 11.5 Å². The number of hydrogen-bond acceptors (Lipinski definition) is 4. The van der Waals surface area contributed by atoms with Crippen LogP contribution >= 0.6 is 12.4 Å². The predicted molar refractivity (Wildman–Crippen MR) is 54.3 cm³/mol. The molecule has 5 heteroatoms. The maximum atomic E-state index is 5.54. The number of halogens is 1. The first-order valence-electron chi connectivity index (χ1n) is 4.02. The Morgan fingerprint density at radius 1 is 1.43 bits per heavy atom. The molecule has 0 amide bonds. The summed E-state index contributed by atoms with van der Waals surface area (Å²) in [6, 6.07) is 3.72.